The Hall–Kier alpha value is -0.460. The van der Waals surface area contributed by atoms with Crippen molar-refractivity contribution < 1.29 is 8.76 Å². The molecule has 0 aromatic carbocycles. The molecule has 4 nitrogen and oxygen atoms in total. The number of hydrogen-bond donors (Lipinski definition) is 1. The molecular weight excluding hydrogens is 172 g/mol. The van der Waals surface area contributed by atoms with Crippen LogP contribution >= 0.6 is 11.3 Å². The van der Waals surface area contributed by atoms with Crippen LogP contribution < -0.4 is 5.73 Å². The lowest BCUT2D eigenvalue weighted by molar-refractivity contribution is 0.538. The van der Waals surface area contributed by atoms with Gasteiger partial charge in [0.2, 0.25) is 0 Å². The lowest BCUT2D eigenvalue weighted by Crippen LogP contribution is -1.86. The molecule has 1 aromatic rings. The van der Waals surface area contributed by atoms with Crippen LogP contribution in [0.4, 0.5) is 5.13 Å². The molecule has 0 aliphatic heterocycles. The summed E-state index contributed by atoms with van der Waals surface area (Å²) in [5, 5.41) is 0.289. The number of thiazole rings is 1. The highest BCUT2D eigenvalue weighted by Crippen LogP contribution is 2.21. The Labute approximate surface area is 64.4 Å². The van der Waals surface area contributed by atoms with E-state index in [4.69, 9.17) is 5.73 Å². The number of hydrogen-bond acceptors (Lipinski definition) is 5. The van der Waals surface area contributed by atoms with Gasteiger partial charge in [-0.25, -0.2) is 4.98 Å². The topological polar surface area (TPSA) is 79.0 Å². The van der Waals surface area contributed by atoms with Gasteiger partial charge in [0.25, 0.3) is 0 Å². The molecule has 0 fully saturated rings. The molecule has 10 heavy (non-hydrogen) atoms. The molecule has 1 aromatic heterocycles. The SMILES string of the molecule is Cc1nc(N)sc1S(=O)[O-]. The highest BCUT2D eigenvalue weighted by atomic mass is 32.2. The molecule has 1 atom stereocenters. The van der Waals surface area contributed by atoms with Crippen molar-refractivity contribution in [2.75, 3.05) is 5.73 Å². The quantitative estimate of drug-likeness (QED) is 0.624. The van der Waals surface area contributed by atoms with Gasteiger partial charge in [0.1, 0.15) is 4.21 Å². The van der Waals surface area contributed by atoms with E-state index in [1.807, 2.05) is 0 Å². The Morgan fingerprint density at radius 1 is 1.80 bits per heavy atom. The van der Waals surface area contributed by atoms with Gasteiger partial charge < -0.3 is 10.3 Å². The van der Waals surface area contributed by atoms with E-state index in [0.29, 0.717) is 5.69 Å². The molecule has 0 spiro atoms. The van der Waals surface area contributed by atoms with Gasteiger partial charge in [0, 0.05) is 0 Å². The van der Waals surface area contributed by atoms with Crippen molar-refractivity contribution in [3.05, 3.63) is 5.69 Å². The van der Waals surface area contributed by atoms with E-state index in [1.165, 1.54) is 0 Å². The zero-order chi connectivity index (χ0) is 7.72. The van der Waals surface area contributed by atoms with Crippen LogP contribution in [0.15, 0.2) is 4.21 Å². The Kier molecular flexibility index (Phi) is 2.02. The second-order valence-corrected chi connectivity index (χ2v) is 3.83. The molecule has 0 radical (unpaired) electrons. The Morgan fingerprint density at radius 2 is 2.40 bits per heavy atom. The summed E-state index contributed by atoms with van der Waals surface area (Å²) < 4.78 is 20.9. The normalized spacial score (nSPS) is 13.4. The van der Waals surface area contributed by atoms with Gasteiger partial charge in [0.05, 0.1) is 5.69 Å². The van der Waals surface area contributed by atoms with Crippen molar-refractivity contribution in [3.8, 4) is 0 Å². The van der Waals surface area contributed by atoms with E-state index in [2.05, 4.69) is 4.98 Å². The van der Waals surface area contributed by atoms with E-state index in [-0.39, 0.29) is 9.34 Å². The number of aryl methyl sites for hydroxylation is 1. The number of nitrogens with two attached hydrogens (primary N) is 1. The molecule has 0 aliphatic rings. The van der Waals surface area contributed by atoms with Gasteiger partial charge in [-0.15, -0.1) is 0 Å². The highest BCUT2D eigenvalue weighted by Gasteiger charge is 2.03. The van der Waals surface area contributed by atoms with Gasteiger partial charge in [-0.2, -0.15) is 0 Å². The molecule has 0 bridgehead atoms. The molecule has 56 valence electrons. The zero-order valence-electron chi connectivity index (χ0n) is 5.16. The van der Waals surface area contributed by atoms with Gasteiger partial charge in [0.15, 0.2) is 5.13 Å². The number of nitrogens with zero attached hydrogens (tertiary/aromatic N) is 1. The molecule has 2 N–H and O–H groups in total. The summed E-state index contributed by atoms with van der Waals surface area (Å²) in [6.45, 7) is 1.61. The van der Waals surface area contributed by atoms with Crippen LogP contribution in [-0.4, -0.2) is 13.7 Å². The first-order chi connectivity index (χ1) is 4.61. The molecule has 1 unspecified atom stereocenters. The molecule has 1 heterocycles. The van der Waals surface area contributed by atoms with Crippen LogP contribution in [0.25, 0.3) is 0 Å². The van der Waals surface area contributed by atoms with Gasteiger partial charge in [-0.05, 0) is 18.0 Å². The van der Waals surface area contributed by atoms with Crippen LogP contribution in [0.3, 0.4) is 0 Å². The average Bonchev–Trinajstić information content (AvgIpc) is 2.10. The van der Waals surface area contributed by atoms with Crippen LogP contribution in [0.1, 0.15) is 5.69 Å². The first-order valence-corrected chi connectivity index (χ1v) is 4.32. The largest absolute Gasteiger partial charge is 0.768 e. The maximum absolute atomic E-state index is 10.3. The van der Waals surface area contributed by atoms with E-state index >= 15 is 0 Å². The van der Waals surface area contributed by atoms with Crippen molar-refractivity contribution in [1.82, 2.24) is 4.98 Å². The van der Waals surface area contributed by atoms with Crippen molar-refractivity contribution in [2.24, 2.45) is 0 Å². The molecule has 0 aliphatic carbocycles. The maximum atomic E-state index is 10.3. The summed E-state index contributed by atoms with van der Waals surface area (Å²) in [6.07, 6.45) is 0. The summed E-state index contributed by atoms with van der Waals surface area (Å²) in [4.78, 5) is 3.74. The lowest BCUT2D eigenvalue weighted by Gasteiger charge is -1.99. The van der Waals surface area contributed by atoms with Crippen LogP contribution in [0, 0.1) is 6.92 Å². The fourth-order valence-electron chi connectivity index (χ4n) is 0.557. The van der Waals surface area contributed by atoms with E-state index in [0.717, 1.165) is 11.3 Å². The predicted molar refractivity (Wildman–Crippen MR) is 38.4 cm³/mol. The smallest absolute Gasteiger partial charge is 0.181 e. The van der Waals surface area contributed by atoms with E-state index in [9.17, 15) is 8.76 Å². The van der Waals surface area contributed by atoms with Crippen LogP contribution in [-0.2, 0) is 11.1 Å². The summed E-state index contributed by atoms with van der Waals surface area (Å²) in [6, 6.07) is 0. The summed E-state index contributed by atoms with van der Waals surface area (Å²) in [5.74, 6) is 0. The average molecular weight is 177 g/mol. The zero-order valence-corrected chi connectivity index (χ0v) is 6.79. The second kappa shape index (κ2) is 2.65. The van der Waals surface area contributed by atoms with E-state index in [1.54, 1.807) is 6.92 Å². The maximum Gasteiger partial charge on any atom is 0.181 e. The second-order valence-electron chi connectivity index (χ2n) is 1.66. The fourth-order valence-corrected chi connectivity index (χ4v) is 1.94. The summed E-state index contributed by atoms with van der Waals surface area (Å²) in [5.41, 5.74) is 5.72. The van der Waals surface area contributed by atoms with Gasteiger partial charge in [-0.1, -0.05) is 11.3 Å². The van der Waals surface area contributed by atoms with Crippen molar-refractivity contribution in [2.45, 2.75) is 11.1 Å². The first kappa shape index (κ1) is 7.64. The lowest BCUT2D eigenvalue weighted by atomic mass is 10.6. The standard InChI is InChI=1S/C4H6N2O2S2/c1-2-3(10(7)8)9-4(5)6-2/h1H3,(H2,5,6)(H,7,8)/p-1. The molecule has 1 rings (SSSR count). The molecule has 6 heteroatoms. The predicted octanol–water partition coefficient (Wildman–Crippen LogP) is 0.272. The number of rotatable bonds is 1. The van der Waals surface area contributed by atoms with Crippen LogP contribution in [0.2, 0.25) is 0 Å². The molecule has 0 saturated heterocycles. The summed E-state index contributed by atoms with van der Waals surface area (Å²) in [7, 11) is 0. The third kappa shape index (κ3) is 1.34. The Balaban J connectivity index is 3.15. The van der Waals surface area contributed by atoms with Gasteiger partial charge >= 0.3 is 0 Å². The minimum absolute atomic E-state index is 0.220. The number of anilines is 1. The van der Waals surface area contributed by atoms with Crippen molar-refractivity contribution >= 4 is 27.5 Å². The Morgan fingerprint density at radius 3 is 2.60 bits per heavy atom. The highest BCUT2D eigenvalue weighted by molar-refractivity contribution is 7.81. The molecular formula is C4H5N2O2S2-. The minimum Gasteiger partial charge on any atom is -0.768 e. The third-order valence-electron chi connectivity index (χ3n) is 0.922. The number of nitrogen functional groups attached to an aromatic ring is 1. The first-order valence-electron chi connectivity index (χ1n) is 2.43. The third-order valence-corrected chi connectivity index (χ3v) is 2.96. The number of aromatic nitrogens is 1. The van der Waals surface area contributed by atoms with Gasteiger partial charge in [-0.3, -0.25) is 4.21 Å². The fraction of sp³-hybridized carbons (Fsp3) is 0.250. The molecule has 0 amide bonds. The molecule has 0 saturated carbocycles. The van der Waals surface area contributed by atoms with Crippen molar-refractivity contribution in [1.29, 1.82) is 0 Å². The monoisotopic (exact) mass is 177 g/mol. The van der Waals surface area contributed by atoms with Crippen molar-refractivity contribution in [3.63, 3.8) is 0 Å². The Bertz CT molecular complexity index is 270. The summed E-state index contributed by atoms with van der Waals surface area (Å²) >= 11 is -1.22. The minimum atomic E-state index is -2.19. The van der Waals surface area contributed by atoms with Crippen LogP contribution in [0.5, 0.6) is 0 Å². The van der Waals surface area contributed by atoms with E-state index < -0.39 is 11.1 Å².